The quantitative estimate of drug-likeness (QED) is 0.591. The highest BCUT2D eigenvalue weighted by atomic mass is 35.5. The Morgan fingerprint density at radius 2 is 2.27 bits per heavy atom. The van der Waals surface area contributed by atoms with Crippen LogP contribution in [0.1, 0.15) is 5.56 Å². The van der Waals surface area contributed by atoms with Crippen LogP contribution in [0.4, 0.5) is 10.1 Å². The first-order valence-corrected chi connectivity index (χ1v) is 5.02. The molecule has 1 aromatic carbocycles. The van der Waals surface area contributed by atoms with E-state index in [-0.39, 0.29) is 17.4 Å². The molecule has 0 spiro atoms. The third-order valence-corrected chi connectivity index (χ3v) is 3.15. The molecule has 0 unspecified atom stereocenters. The predicted molar refractivity (Wildman–Crippen MR) is 55.1 cm³/mol. The van der Waals surface area contributed by atoms with Gasteiger partial charge in [-0.25, -0.2) is 4.39 Å². The number of ether oxygens (including phenoxy) is 1. The van der Waals surface area contributed by atoms with Crippen molar-refractivity contribution in [1.82, 2.24) is 0 Å². The summed E-state index contributed by atoms with van der Waals surface area (Å²) in [6.07, 6.45) is 0. The Kier molecular flexibility index (Phi) is 2.71. The summed E-state index contributed by atoms with van der Waals surface area (Å²) in [4.78, 5) is 10.4. The van der Waals surface area contributed by atoms with E-state index in [0.29, 0.717) is 18.8 Å². The summed E-state index contributed by atoms with van der Waals surface area (Å²) in [5.41, 5.74) is 0.135. The smallest absolute Gasteiger partial charge is 0.127 e. The number of benzene rings is 1. The summed E-state index contributed by atoms with van der Waals surface area (Å²) >= 11 is 5.81. The summed E-state index contributed by atoms with van der Waals surface area (Å²) in [6, 6.07) is 4.01. The molecule has 15 heavy (non-hydrogen) atoms. The molecule has 80 valence electrons. The number of hydrogen-bond donors (Lipinski definition) is 0. The molecule has 1 aliphatic rings. The van der Waals surface area contributed by atoms with E-state index >= 15 is 0 Å². The Bertz CT molecular complexity index is 387. The van der Waals surface area contributed by atoms with Crippen molar-refractivity contribution in [3.8, 4) is 0 Å². The van der Waals surface area contributed by atoms with Crippen LogP contribution in [-0.4, -0.2) is 19.1 Å². The number of rotatable bonds is 3. The third kappa shape index (κ3) is 1.64. The minimum Gasteiger partial charge on any atom is -0.379 e. The fraction of sp³-hybridized carbons (Fsp3) is 0.400. The van der Waals surface area contributed by atoms with Gasteiger partial charge in [-0.05, 0) is 23.4 Å². The van der Waals surface area contributed by atoms with E-state index in [2.05, 4.69) is 5.18 Å². The highest BCUT2D eigenvalue weighted by Gasteiger charge is 2.41. The highest BCUT2D eigenvalue weighted by molar-refractivity contribution is 6.18. The maximum atomic E-state index is 13.6. The van der Waals surface area contributed by atoms with Crippen molar-refractivity contribution in [1.29, 1.82) is 0 Å². The number of halogens is 2. The lowest BCUT2D eigenvalue weighted by Crippen LogP contribution is -2.48. The van der Waals surface area contributed by atoms with Crippen molar-refractivity contribution in [2.24, 2.45) is 5.18 Å². The average molecular weight is 230 g/mol. The maximum absolute atomic E-state index is 13.6. The van der Waals surface area contributed by atoms with Gasteiger partial charge in [-0.3, -0.25) is 0 Å². The predicted octanol–water partition coefficient (Wildman–Crippen LogP) is 2.73. The lowest BCUT2D eigenvalue weighted by Gasteiger charge is -2.40. The molecule has 0 aliphatic carbocycles. The van der Waals surface area contributed by atoms with Crippen LogP contribution < -0.4 is 0 Å². The van der Waals surface area contributed by atoms with Gasteiger partial charge in [-0.2, -0.15) is 0 Å². The van der Waals surface area contributed by atoms with Crippen molar-refractivity contribution >= 4 is 17.3 Å². The summed E-state index contributed by atoms with van der Waals surface area (Å²) in [6.45, 7) is 0.769. The molecule has 2 rings (SSSR count). The number of hydrogen-bond acceptors (Lipinski definition) is 3. The van der Waals surface area contributed by atoms with E-state index in [4.69, 9.17) is 16.3 Å². The van der Waals surface area contributed by atoms with Crippen molar-refractivity contribution in [3.63, 3.8) is 0 Å². The van der Waals surface area contributed by atoms with Gasteiger partial charge in [0.15, 0.2) is 0 Å². The Morgan fingerprint density at radius 3 is 2.73 bits per heavy atom. The molecule has 0 saturated carbocycles. The molecule has 1 aliphatic heterocycles. The van der Waals surface area contributed by atoms with Crippen molar-refractivity contribution in [2.75, 3.05) is 19.1 Å². The van der Waals surface area contributed by atoms with E-state index < -0.39 is 5.41 Å². The van der Waals surface area contributed by atoms with Crippen LogP contribution >= 0.6 is 11.6 Å². The molecule has 3 nitrogen and oxygen atoms in total. The first kappa shape index (κ1) is 10.5. The minimum absolute atomic E-state index is 0.211. The zero-order chi connectivity index (χ0) is 10.9. The fourth-order valence-electron chi connectivity index (χ4n) is 1.63. The molecule has 1 heterocycles. The van der Waals surface area contributed by atoms with Crippen LogP contribution in [0.25, 0.3) is 0 Å². The molecule has 5 heteroatoms. The number of nitrogens with zero attached hydrogens (tertiary/aromatic N) is 1. The monoisotopic (exact) mass is 229 g/mol. The van der Waals surface area contributed by atoms with Gasteiger partial charge in [0.2, 0.25) is 0 Å². The molecular formula is C10H9ClFNO2. The van der Waals surface area contributed by atoms with Crippen LogP contribution in [0.15, 0.2) is 23.4 Å². The van der Waals surface area contributed by atoms with Crippen molar-refractivity contribution in [3.05, 3.63) is 34.5 Å². The standard InChI is InChI=1S/C10H9ClFNO2/c11-4-10(5-15-6-10)8-3-7(13-14)1-2-9(8)12/h1-3H,4-6H2. The van der Waals surface area contributed by atoms with Gasteiger partial charge in [0.25, 0.3) is 0 Å². The van der Waals surface area contributed by atoms with E-state index in [9.17, 15) is 9.30 Å². The van der Waals surface area contributed by atoms with E-state index in [0.717, 1.165) is 0 Å². The Hall–Kier alpha value is -1.00. The molecular weight excluding hydrogens is 221 g/mol. The van der Waals surface area contributed by atoms with Crippen LogP contribution in [0.5, 0.6) is 0 Å². The zero-order valence-electron chi connectivity index (χ0n) is 7.87. The highest BCUT2D eigenvalue weighted by Crippen LogP contribution is 2.36. The molecule has 1 saturated heterocycles. The first-order chi connectivity index (χ1) is 7.22. The minimum atomic E-state index is -0.494. The Labute approximate surface area is 91.2 Å². The maximum Gasteiger partial charge on any atom is 0.127 e. The van der Waals surface area contributed by atoms with Crippen LogP contribution in [0.3, 0.4) is 0 Å². The first-order valence-electron chi connectivity index (χ1n) is 4.49. The normalized spacial score (nSPS) is 18.3. The molecule has 0 atom stereocenters. The number of nitroso groups, excluding NO2 is 1. The number of alkyl halides is 1. The van der Waals surface area contributed by atoms with E-state index in [1.54, 1.807) is 0 Å². The largest absolute Gasteiger partial charge is 0.379 e. The van der Waals surface area contributed by atoms with Crippen LogP contribution in [0.2, 0.25) is 0 Å². The summed E-state index contributed by atoms with van der Waals surface area (Å²) in [5.74, 6) is -0.0991. The van der Waals surface area contributed by atoms with Gasteiger partial charge in [-0.15, -0.1) is 16.5 Å². The average Bonchev–Trinajstić information content (AvgIpc) is 2.20. The summed E-state index contributed by atoms with van der Waals surface area (Å²) in [5, 5.41) is 2.78. The molecule has 0 bridgehead atoms. The Balaban J connectivity index is 2.45. The topological polar surface area (TPSA) is 38.7 Å². The fourth-order valence-corrected chi connectivity index (χ4v) is 1.93. The van der Waals surface area contributed by atoms with Gasteiger partial charge in [0.05, 0.1) is 18.6 Å². The third-order valence-electron chi connectivity index (χ3n) is 2.64. The summed E-state index contributed by atoms with van der Waals surface area (Å²) in [7, 11) is 0. The molecule has 0 aromatic heterocycles. The van der Waals surface area contributed by atoms with Gasteiger partial charge in [-0.1, -0.05) is 0 Å². The molecule has 1 fully saturated rings. The van der Waals surface area contributed by atoms with E-state index in [1.165, 1.54) is 18.2 Å². The lowest BCUT2D eigenvalue weighted by molar-refractivity contribution is -0.0495. The van der Waals surface area contributed by atoms with Gasteiger partial charge in [0.1, 0.15) is 11.5 Å². The van der Waals surface area contributed by atoms with Crippen LogP contribution in [0, 0.1) is 10.7 Å². The lowest BCUT2D eigenvalue weighted by atomic mass is 9.80. The molecule has 0 radical (unpaired) electrons. The van der Waals surface area contributed by atoms with Gasteiger partial charge >= 0.3 is 0 Å². The molecule has 1 aromatic rings. The van der Waals surface area contributed by atoms with Crippen molar-refractivity contribution in [2.45, 2.75) is 5.41 Å². The van der Waals surface area contributed by atoms with Gasteiger partial charge < -0.3 is 4.74 Å². The van der Waals surface area contributed by atoms with Crippen LogP contribution in [-0.2, 0) is 10.2 Å². The van der Waals surface area contributed by atoms with Gasteiger partial charge in [0, 0.05) is 11.4 Å². The zero-order valence-corrected chi connectivity index (χ0v) is 8.63. The molecule has 0 N–H and O–H groups in total. The second-order valence-electron chi connectivity index (χ2n) is 3.66. The van der Waals surface area contributed by atoms with E-state index in [1.807, 2.05) is 0 Å². The SMILES string of the molecule is O=Nc1ccc(F)c(C2(CCl)COC2)c1. The summed E-state index contributed by atoms with van der Waals surface area (Å²) < 4.78 is 18.6. The molecule has 0 amide bonds. The van der Waals surface area contributed by atoms with Crippen molar-refractivity contribution < 1.29 is 9.13 Å². The second-order valence-corrected chi connectivity index (χ2v) is 3.93. The Morgan fingerprint density at radius 1 is 1.53 bits per heavy atom. The second kappa shape index (κ2) is 3.87.